The molecule has 6 heteroatoms. The first-order chi connectivity index (χ1) is 8.40. The van der Waals surface area contributed by atoms with Crippen LogP contribution in [0.2, 0.25) is 0 Å². The molecule has 0 radical (unpaired) electrons. The van der Waals surface area contributed by atoms with Crippen LogP contribution in [-0.2, 0) is 14.4 Å². The number of carbonyl (C=O) groups excluding carboxylic acids is 2. The molecule has 6 nitrogen and oxygen atoms in total. The number of aliphatic carboxylic acids is 1. The molecule has 1 fully saturated rings. The molecule has 0 bridgehead atoms. The number of carboxylic acids is 1. The summed E-state index contributed by atoms with van der Waals surface area (Å²) in [6, 6.07) is -1.42. The number of carbonyl (C=O) groups is 3. The average Bonchev–Trinajstić information content (AvgIpc) is 2.74. The van der Waals surface area contributed by atoms with Gasteiger partial charge in [0.15, 0.2) is 0 Å². The van der Waals surface area contributed by atoms with Crippen molar-refractivity contribution in [2.75, 3.05) is 13.6 Å². The van der Waals surface area contributed by atoms with Gasteiger partial charge in [-0.05, 0) is 19.8 Å². The van der Waals surface area contributed by atoms with Crippen LogP contribution < -0.4 is 0 Å². The lowest BCUT2D eigenvalue weighted by atomic mass is 10.1. The van der Waals surface area contributed by atoms with Crippen molar-refractivity contribution in [3.05, 3.63) is 0 Å². The quantitative estimate of drug-likeness (QED) is 0.768. The van der Waals surface area contributed by atoms with E-state index >= 15 is 0 Å². The maximum atomic E-state index is 12.2. The van der Waals surface area contributed by atoms with Crippen molar-refractivity contribution in [1.29, 1.82) is 0 Å². The second-order valence-corrected chi connectivity index (χ2v) is 4.58. The molecule has 0 saturated carbocycles. The van der Waals surface area contributed by atoms with Crippen LogP contribution in [-0.4, -0.2) is 58.4 Å². The molecule has 1 aliphatic heterocycles. The van der Waals surface area contributed by atoms with Crippen LogP contribution in [0.1, 0.15) is 33.1 Å². The molecule has 1 saturated heterocycles. The normalized spacial score (nSPS) is 18.6. The summed E-state index contributed by atoms with van der Waals surface area (Å²) in [6.07, 6.45) is 1.74. The zero-order valence-electron chi connectivity index (χ0n) is 11.0. The van der Waals surface area contributed by atoms with E-state index in [-0.39, 0.29) is 11.8 Å². The predicted molar refractivity (Wildman–Crippen MR) is 64.9 cm³/mol. The molecule has 1 rings (SSSR count). The smallest absolute Gasteiger partial charge is 0.326 e. The van der Waals surface area contributed by atoms with E-state index in [0.717, 1.165) is 6.42 Å². The summed E-state index contributed by atoms with van der Waals surface area (Å²) in [5, 5.41) is 8.90. The Labute approximate surface area is 107 Å². The largest absolute Gasteiger partial charge is 0.480 e. The Balaban J connectivity index is 2.79. The van der Waals surface area contributed by atoms with Crippen molar-refractivity contribution in [1.82, 2.24) is 9.80 Å². The Bertz CT molecular complexity index is 356. The van der Waals surface area contributed by atoms with Gasteiger partial charge in [-0.15, -0.1) is 0 Å². The van der Waals surface area contributed by atoms with Gasteiger partial charge in [-0.25, -0.2) is 4.79 Å². The van der Waals surface area contributed by atoms with Crippen LogP contribution in [0.25, 0.3) is 0 Å². The Morgan fingerprint density at radius 3 is 2.50 bits per heavy atom. The summed E-state index contributed by atoms with van der Waals surface area (Å²) in [4.78, 5) is 37.5. The van der Waals surface area contributed by atoms with E-state index in [1.54, 1.807) is 4.90 Å². The SMILES string of the molecule is CC[C@@H](C(=O)N(C)[C@@H](C)C(=O)O)N1CCCC1=O. The van der Waals surface area contributed by atoms with Crippen LogP contribution >= 0.6 is 0 Å². The number of likely N-dealkylation sites (N-methyl/N-ethyl adjacent to an activating group) is 1. The molecule has 0 aromatic carbocycles. The second-order valence-electron chi connectivity index (χ2n) is 4.58. The van der Waals surface area contributed by atoms with Crippen LogP contribution in [0.4, 0.5) is 0 Å². The molecule has 0 aliphatic carbocycles. The predicted octanol–water partition coefficient (Wildman–Crippen LogP) is 0.319. The number of likely N-dealkylation sites (tertiary alicyclic amines) is 1. The Morgan fingerprint density at radius 1 is 1.50 bits per heavy atom. The molecule has 0 aromatic heterocycles. The number of hydrogen-bond donors (Lipinski definition) is 1. The molecule has 1 N–H and O–H groups in total. The van der Waals surface area contributed by atoms with Crippen molar-refractivity contribution in [3.63, 3.8) is 0 Å². The zero-order valence-corrected chi connectivity index (χ0v) is 11.0. The standard InChI is InChI=1S/C12H20N2O4/c1-4-9(14-7-5-6-10(14)15)11(16)13(3)8(2)12(17)18/h8-9H,4-7H2,1-3H3,(H,17,18)/t8-,9-/m0/s1. The minimum atomic E-state index is -1.05. The van der Waals surface area contributed by atoms with Gasteiger partial charge < -0.3 is 14.9 Å². The van der Waals surface area contributed by atoms with Gasteiger partial charge in [0.05, 0.1) is 0 Å². The number of hydrogen-bond acceptors (Lipinski definition) is 3. The molecule has 18 heavy (non-hydrogen) atoms. The maximum Gasteiger partial charge on any atom is 0.326 e. The van der Waals surface area contributed by atoms with Gasteiger partial charge in [0.25, 0.3) is 0 Å². The highest BCUT2D eigenvalue weighted by molar-refractivity contribution is 5.90. The van der Waals surface area contributed by atoms with Gasteiger partial charge >= 0.3 is 5.97 Å². The highest BCUT2D eigenvalue weighted by Gasteiger charge is 2.35. The third-order valence-corrected chi connectivity index (χ3v) is 3.44. The van der Waals surface area contributed by atoms with E-state index in [0.29, 0.717) is 19.4 Å². The summed E-state index contributed by atoms with van der Waals surface area (Å²) in [7, 11) is 1.46. The number of carboxylic acid groups (broad SMARTS) is 1. The third-order valence-electron chi connectivity index (χ3n) is 3.44. The number of nitrogens with zero attached hydrogens (tertiary/aromatic N) is 2. The van der Waals surface area contributed by atoms with Gasteiger partial charge in [-0.3, -0.25) is 9.59 Å². The second kappa shape index (κ2) is 5.84. The van der Waals surface area contributed by atoms with E-state index < -0.39 is 18.1 Å². The van der Waals surface area contributed by atoms with Gasteiger partial charge in [0.1, 0.15) is 12.1 Å². The number of amides is 2. The average molecular weight is 256 g/mol. The lowest BCUT2D eigenvalue weighted by Gasteiger charge is -2.31. The van der Waals surface area contributed by atoms with E-state index in [1.165, 1.54) is 18.9 Å². The lowest BCUT2D eigenvalue weighted by Crippen LogP contribution is -2.51. The summed E-state index contributed by atoms with van der Waals surface area (Å²) < 4.78 is 0. The summed E-state index contributed by atoms with van der Waals surface area (Å²) in [5.41, 5.74) is 0. The Hall–Kier alpha value is -1.59. The van der Waals surface area contributed by atoms with Gasteiger partial charge in [0.2, 0.25) is 11.8 Å². The fraction of sp³-hybridized carbons (Fsp3) is 0.750. The zero-order chi connectivity index (χ0) is 13.9. The van der Waals surface area contributed by atoms with Crippen molar-refractivity contribution in [2.45, 2.75) is 45.2 Å². The molecule has 1 heterocycles. The molecule has 1 aliphatic rings. The van der Waals surface area contributed by atoms with Crippen LogP contribution in [0.3, 0.4) is 0 Å². The minimum Gasteiger partial charge on any atom is -0.480 e. The third kappa shape index (κ3) is 2.80. The van der Waals surface area contributed by atoms with Crippen molar-refractivity contribution >= 4 is 17.8 Å². The number of rotatable bonds is 5. The maximum absolute atomic E-state index is 12.2. The molecule has 102 valence electrons. The topological polar surface area (TPSA) is 77.9 Å². The van der Waals surface area contributed by atoms with E-state index in [2.05, 4.69) is 0 Å². The first-order valence-electron chi connectivity index (χ1n) is 6.19. The van der Waals surface area contributed by atoms with Gasteiger partial charge in [-0.2, -0.15) is 0 Å². The first kappa shape index (κ1) is 14.5. The van der Waals surface area contributed by atoms with Crippen molar-refractivity contribution in [2.24, 2.45) is 0 Å². The van der Waals surface area contributed by atoms with Crippen molar-refractivity contribution in [3.8, 4) is 0 Å². The molecule has 2 atom stereocenters. The molecule has 0 unspecified atom stereocenters. The van der Waals surface area contributed by atoms with E-state index in [9.17, 15) is 14.4 Å². The molecule has 2 amide bonds. The molecule has 0 spiro atoms. The monoisotopic (exact) mass is 256 g/mol. The van der Waals surface area contributed by atoms with Crippen molar-refractivity contribution < 1.29 is 19.5 Å². The lowest BCUT2D eigenvalue weighted by molar-refractivity contribution is -0.152. The summed E-state index contributed by atoms with van der Waals surface area (Å²) in [6.45, 7) is 3.87. The van der Waals surface area contributed by atoms with E-state index in [1.807, 2.05) is 6.92 Å². The van der Waals surface area contributed by atoms with Gasteiger partial charge in [0, 0.05) is 20.0 Å². The van der Waals surface area contributed by atoms with Crippen LogP contribution in [0.5, 0.6) is 0 Å². The summed E-state index contributed by atoms with van der Waals surface area (Å²) >= 11 is 0. The van der Waals surface area contributed by atoms with Gasteiger partial charge in [-0.1, -0.05) is 6.92 Å². The molecule has 0 aromatic rings. The highest BCUT2D eigenvalue weighted by atomic mass is 16.4. The Kier molecular flexibility index (Phi) is 4.69. The fourth-order valence-electron chi connectivity index (χ4n) is 2.12. The van der Waals surface area contributed by atoms with Crippen LogP contribution in [0, 0.1) is 0 Å². The Morgan fingerprint density at radius 2 is 2.11 bits per heavy atom. The molecular formula is C12H20N2O4. The summed E-state index contributed by atoms with van der Waals surface area (Å²) in [5.74, 6) is -1.37. The fourth-order valence-corrected chi connectivity index (χ4v) is 2.12. The molecular weight excluding hydrogens is 236 g/mol. The first-order valence-corrected chi connectivity index (χ1v) is 6.19. The minimum absolute atomic E-state index is 0.0217. The highest BCUT2D eigenvalue weighted by Crippen LogP contribution is 2.18. The van der Waals surface area contributed by atoms with Crippen LogP contribution in [0.15, 0.2) is 0 Å². The van der Waals surface area contributed by atoms with E-state index in [4.69, 9.17) is 5.11 Å².